The van der Waals surface area contributed by atoms with Crippen LogP contribution >= 0.6 is 0 Å². The lowest BCUT2D eigenvalue weighted by atomic mass is 9.95. The summed E-state index contributed by atoms with van der Waals surface area (Å²) in [6, 6.07) is 16.5. The number of fused-ring (bicyclic) bond motifs is 1. The highest BCUT2D eigenvalue weighted by molar-refractivity contribution is 5.98. The molecule has 0 aliphatic carbocycles. The molecule has 5 heteroatoms. The molecule has 146 valence electrons. The summed E-state index contributed by atoms with van der Waals surface area (Å²) in [6.07, 6.45) is 5.27. The number of rotatable bonds is 6. The topological polar surface area (TPSA) is 61.4 Å². The summed E-state index contributed by atoms with van der Waals surface area (Å²) >= 11 is 0. The van der Waals surface area contributed by atoms with E-state index < -0.39 is 0 Å². The maximum absolute atomic E-state index is 12.8. The van der Waals surface area contributed by atoms with Gasteiger partial charge in [-0.05, 0) is 55.1 Å². The summed E-state index contributed by atoms with van der Waals surface area (Å²) in [4.78, 5) is 26.7. The van der Waals surface area contributed by atoms with Gasteiger partial charge in [-0.3, -0.25) is 9.69 Å². The van der Waals surface area contributed by atoms with E-state index in [0.717, 1.165) is 36.3 Å². The highest BCUT2D eigenvalue weighted by Crippen LogP contribution is 2.23. The van der Waals surface area contributed by atoms with E-state index in [0.29, 0.717) is 19.0 Å². The van der Waals surface area contributed by atoms with Gasteiger partial charge in [0.25, 0.3) is 0 Å². The first kappa shape index (κ1) is 18.7. The summed E-state index contributed by atoms with van der Waals surface area (Å²) in [7, 11) is 0. The Kier molecular flexibility index (Phi) is 5.72. The standard InChI is InChI=1S/C23H27N3O2/c27-22(18-9-10-21-19(15-18)16-24-23(28)25-21)11-13-26-12-5-4-8-20(26)14-17-6-2-1-3-7-17/h1-3,6-7,9-10,15,20H,4-5,8,11-14,16H2,(H2,24,25,28)/t20-/m0/s1. The van der Waals surface area contributed by atoms with Gasteiger partial charge in [0.05, 0.1) is 0 Å². The molecule has 4 rings (SSSR count). The number of nitrogens with one attached hydrogen (secondary N) is 2. The Bertz CT molecular complexity index is 850. The quantitative estimate of drug-likeness (QED) is 0.748. The van der Waals surface area contributed by atoms with E-state index in [1.165, 1.54) is 24.8 Å². The van der Waals surface area contributed by atoms with Gasteiger partial charge in [0.2, 0.25) is 0 Å². The Morgan fingerprint density at radius 2 is 1.96 bits per heavy atom. The minimum absolute atomic E-state index is 0.170. The number of piperidine rings is 1. The molecule has 2 N–H and O–H groups in total. The second-order valence-electron chi connectivity index (χ2n) is 7.73. The van der Waals surface area contributed by atoms with Crippen molar-refractivity contribution >= 4 is 17.5 Å². The number of urea groups is 1. The van der Waals surface area contributed by atoms with Crippen molar-refractivity contribution in [2.24, 2.45) is 0 Å². The number of carbonyl (C=O) groups is 2. The van der Waals surface area contributed by atoms with E-state index in [-0.39, 0.29) is 11.8 Å². The molecule has 0 spiro atoms. The van der Waals surface area contributed by atoms with Crippen LogP contribution in [-0.2, 0) is 13.0 Å². The molecule has 2 aromatic rings. The summed E-state index contributed by atoms with van der Waals surface area (Å²) in [5, 5.41) is 5.52. The Morgan fingerprint density at radius 1 is 1.11 bits per heavy atom. The fourth-order valence-corrected chi connectivity index (χ4v) is 4.24. The van der Waals surface area contributed by atoms with Gasteiger partial charge in [0.15, 0.2) is 5.78 Å². The zero-order valence-electron chi connectivity index (χ0n) is 16.1. The number of Topliss-reactive ketones (excluding diaryl/α,β-unsaturated/α-hetero) is 1. The molecule has 28 heavy (non-hydrogen) atoms. The Balaban J connectivity index is 1.37. The van der Waals surface area contributed by atoms with Crippen molar-refractivity contribution in [2.45, 2.75) is 44.7 Å². The first-order valence-corrected chi connectivity index (χ1v) is 10.2. The third-order valence-corrected chi connectivity index (χ3v) is 5.80. The maximum atomic E-state index is 12.8. The third kappa shape index (κ3) is 4.42. The second-order valence-corrected chi connectivity index (χ2v) is 7.73. The second kappa shape index (κ2) is 8.57. The van der Waals surface area contributed by atoms with E-state index in [1.807, 2.05) is 18.2 Å². The molecule has 1 fully saturated rings. The SMILES string of the molecule is O=C1NCc2cc(C(=O)CCN3CCCC[C@H]3Cc3ccccc3)ccc2N1. The van der Waals surface area contributed by atoms with Gasteiger partial charge < -0.3 is 10.6 Å². The van der Waals surface area contributed by atoms with Crippen LogP contribution in [0.15, 0.2) is 48.5 Å². The molecule has 1 atom stereocenters. The predicted molar refractivity (Wildman–Crippen MR) is 111 cm³/mol. The van der Waals surface area contributed by atoms with Crippen LogP contribution in [0.3, 0.4) is 0 Å². The molecule has 5 nitrogen and oxygen atoms in total. The first-order valence-electron chi connectivity index (χ1n) is 10.2. The molecular weight excluding hydrogens is 350 g/mol. The van der Waals surface area contributed by atoms with Crippen LogP contribution in [0, 0.1) is 0 Å². The van der Waals surface area contributed by atoms with Gasteiger partial charge in [-0.2, -0.15) is 0 Å². The molecule has 0 saturated carbocycles. The van der Waals surface area contributed by atoms with Crippen molar-refractivity contribution < 1.29 is 9.59 Å². The smallest absolute Gasteiger partial charge is 0.319 e. The fraction of sp³-hybridized carbons (Fsp3) is 0.391. The lowest BCUT2D eigenvalue weighted by molar-refractivity contribution is 0.0926. The number of benzene rings is 2. The van der Waals surface area contributed by atoms with Crippen molar-refractivity contribution in [1.29, 1.82) is 0 Å². The molecule has 2 amide bonds. The van der Waals surface area contributed by atoms with Gasteiger partial charge in [-0.1, -0.05) is 36.8 Å². The highest BCUT2D eigenvalue weighted by atomic mass is 16.2. The Labute approximate surface area is 166 Å². The molecule has 2 aromatic carbocycles. The Hall–Kier alpha value is -2.66. The van der Waals surface area contributed by atoms with Crippen molar-refractivity contribution in [1.82, 2.24) is 10.2 Å². The van der Waals surface area contributed by atoms with Crippen LogP contribution in [0.4, 0.5) is 10.5 Å². The average molecular weight is 377 g/mol. The molecule has 0 unspecified atom stereocenters. The fourth-order valence-electron chi connectivity index (χ4n) is 4.24. The van der Waals surface area contributed by atoms with Gasteiger partial charge in [0, 0.05) is 36.8 Å². The van der Waals surface area contributed by atoms with E-state index in [1.54, 1.807) is 0 Å². The largest absolute Gasteiger partial charge is 0.334 e. The molecule has 2 heterocycles. The van der Waals surface area contributed by atoms with Crippen molar-refractivity contribution in [2.75, 3.05) is 18.4 Å². The van der Waals surface area contributed by atoms with E-state index >= 15 is 0 Å². The molecule has 2 aliphatic rings. The van der Waals surface area contributed by atoms with Crippen molar-refractivity contribution in [3.05, 3.63) is 65.2 Å². The first-order chi connectivity index (χ1) is 13.7. The highest BCUT2D eigenvalue weighted by Gasteiger charge is 2.23. The number of likely N-dealkylation sites (tertiary alicyclic amines) is 1. The van der Waals surface area contributed by atoms with E-state index in [4.69, 9.17) is 0 Å². The minimum Gasteiger partial charge on any atom is -0.334 e. The summed E-state index contributed by atoms with van der Waals surface area (Å²) in [6.45, 7) is 2.35. The van der Waals surface area contributed by atoms with Crippen LogP contribution in [0.2, 0.25) is 0 Å². The molecule has 0 radical (unpaired) electrons. The van der Waals surface area contributed by atoms with Crippen LogP contribution in [-0.4, -0.2) is 35.8 Å². The minimum atomic E-state index is -0.193. The lowest BCUT2D eigenvalue weighted by Crippen LogP contribution is -2.42. The van der Waals surface area contributed by atoms with Crippen LogP contribution in [0.5, 0.6) is 0 Å². The summed E-state index contributed by atoms with van der Waals surface area (Å²) < 4.78 is 0. The van der Waals surface area contributed by atoms with Gasteiger partial charge >= 0.3 is 6.03 Å². The normalized spacial score (nSPS) is 19.4. The van der Waals surface area contributed by atoms with Gasteiger partial charge in [-0.25, -0.2) is 4.79 Å². The van der Waals surface area contributed by atoms with Crippen LogP contribution in [0.1, 0.15) is 47.2 Å². The summed E-state index contributed by atoms with van der Waals surface area (Å²) in [5.41, 5.74) is 3.85. The number of amides is 2. The van der Waals surface area contributed by atoms with Gasteiger partial charge in [0.1, 0.15) is 0 Å². The number of anilines is 1. The van der Waals surface area contributed by atoms with E-state index in [2.05, 4.69) is 45.9 Å². The maximum Gasteiger partial charge on any atom is 0.319 e. The van der Waals surface area contributed by atoms with Crippen LogP contribution < -0.4 is 10.6 Å². The number of hydrogen-bond acceptors (Lipinski definition) is 3. The average Bonchev–Trinajstić information content (AvgIpc) is 2.73. The van der Waals surface area contributed by atoms with Crippen molar-refractivity contribution in [3.63, 3.8) is 0 Å². The molecular formula is C23H27N3O2. The van der Waals surface area contributed by atoms with Crippen LogP contribution in [0.25, 0.3) is 0 Å². The van der Waals surface area contributed by atoms with Gasteiger partial charge in [-0.15, -0.1) is 0 Å². The number of hydrogen-bond donors (Lipinski definition) is 2. The molecule has 2 aliphatic heterocycles. The Morgan fingerprint density at radius 3 is 2.82 bits per heavy atom. The number of nitrogens with zero attached hydrogens (tertiary/aromatic N) is 1. The molecule has 0 aromatic heterocycles. The summed E-state index contributed by atoms with van der Waals surface area (Å²) in [5.74, 6) is 0.170. The molecule has 1 saturated heterocycles. The van der Waals surface area contributed by atoms with E-state index in [9.17, 15) is 9.59 Å². The van der Waals surface area contributed by atoms with Crippen molar-refractivity contribution in [3.8, 4) is 0 Å². The lowest BCUT2D eigenvalue weighted by Gasteiger charge is -2.35. The predicted octanol–water partition coefficient (Wildman–Crippen LogP) is 3.99. The number of ketones is 1. The number of carbonyl (C=O) groups excluding carboxylic acids is 2. The monoisotopic (exact) mass is 377 g/mol. The zero-order valence-corrected chi connectivity index (χ0v) is 16.1. The zero-order chi connectivity index (χ0) is 19.3. The molecule has 0 bridgehead atoms. The third-order valence-electron chi connectivity index (χ3n) is 5.80.